The van der Waals surface area contributed by atoms with Gasteiger partial charge in [0.25, 0.3) is 0 Å². The maximum absolute atomic E-state index is 12.2. The average Bonchev–Trinajstić information content (AvgIpc) is 3.04. The Morgan fingerprint density at radius 3 is 2.64 bits per heavy atom. The molecule has 0 aromatic heterocycles. The van der Waals surface area contributed by atoms with E-state index in [0.717, 1.165) is 10.6 Å². The molecule has 2 N–H and O–H groups in total. The quantitative estimate of drug-likeness (QED) is 0.723. The van der Waals surface area contributed by atoms with E-state index in [9.17, 15) is 4.79 Å². The van der Waals surface area contributed by atoms with Crippen LogP contribution in [-0.4, -0.2) is 32.7 Å². The standard InChI is InChI=1S/C17H25ClN2O2/c1-22-11-10-19-12-16(21)20-17(13-4-2-3-5-13)14-6-8-15(18)9-7-14/h6-9,13,17,19H,2-5,10-12H2,1H3,(H,20,21). The van der Waals surface area contributed by atoms with Crippen LogP contribution in [0.5, 0.6) is 0 Å². The largest absolute Gasteiger partial charge is 0.383 e. The third-order valence-corrected chi connectivity index (χ3v) is 4.44. The van der Waals surface area contributed by atoms with Crippen molar-refractivity contribution in [1.82, 2.24) is 10.6 Å². The van der Waals surface area contributed by atoms with Gasteiger partial charge in [-0.2, -0.15) is 0 Å². The number of carbonyl (C=O) groups is 1. The lowest BCUT2D eigenvalue weighted by molar-refractivity contribution is -0.121. The Kier molecular flexibility index (Phi) is 7.16. The first-order valence-electron chi connectivity index (χ1n) is 7.95. The highest BCUT2D eigenvalue weighted by Crippen LogP contribution is 2.36. The van der Waals surface area contributed by atoms with Gasteiger partial charge in [0.05, 0.1) is 19.2 Å². The lowest BCUT2D eigenvalue weighted by Gasteiger charge is -2.25. The summed E-state index contributed by atoms with van der Waals surface area (Å²) in [7, 11) is 1.65. The molecule has 1 aromatic rings. The van der Waals surface area contributed by atoms with Gasteiger partial charge >= 0.3 is 0 Å². The molecule has 1 atom stereocenters. The summed E-state index contributed by atoms with van der Waals surface area (Å²) >= 11 is 5.97. The van der Waals surface area contributed by atoms with Gasteiger partial charge in [-0.25, -0.2) is 0 Å². The fraction of sp³-hybridized carbons (Fsp3) is 0.588. The summed E-state index contributed by atoms with van der Waals surface area (Å²) in [5, 5.41) is 6.99. The first-order chi connectivity index (χ1) is 10.7. The van der Waals surface area contributed by atoms with Crippen molar-refractivity contribution in [2.24, 2.45) is 5.92 Å². The highest BCUT2D eigenvalue weighted by Gasteiger charge is 2.27. The first-order valence-corrected chi connectivity index (χ1v) is 8.33. The van der Waals surface area contributed by atoms with Crippen molar-refractivity contribution in [3.05, 3.63) is 34.9 Å². The van der Waals surface area contributed by atoms with E-state index in [1.807, 2.05) is 24.3 Å². The first kappa shape index (κ1) is 17.3. The van der Waals surface area contributed by atoms with E-state index in [0.29, 0.717) is 25.6 Å². The third-order valence-electron chi connectivity index (χ3n) is 4.19. The minimum Gasteiger partial charge on any atom is -0.383 e. The van der Waals surface area contributed by atoms with Gasteiger partial charge < -0.3 is 15.4 Å². The van der Waals surface area contributed by atoms with Gasteiger partial charge in [0.1, 0.15) is 0 Å². The smallest absolute Gasteiger partial charge is 0.234 e. The number of hydrogen-bond acceptors (Lipinski definition) is 3. The Labute approximate surface area is 137 Å². The van der Waals surface area contributed by atoms with Gasteiger partial charge in [-0.05, 0) is 36.5 Å². The van der Waals surface area contributed by atoms with E-state index in [2.05, 4.69) is 10.6 Å². The predicted molar refractivity (Wildman–Crippen MR) is 89.0 cm³/mol. The number of ether oxygens (including phenoxy) is 1. The Morgan fingerprint density at radius 2 is 2.00 bits per heavy atom. The van der Waals surface area contributed by atoms with Crippen LogP contribution in [0.2, 0.25) is 5.02 Å². The van der Waals surface area contributed by atoms with Crippen molar-refractivity contribution in [3.63, 3.8) is 0 Å². The second-order valence-corrected chi connectivity index (χ2v) is 6.25. The second kappa shape index (κ2) is 9.13. The number of benzene rings is 1. The zero-order valence-electron chi connectivity index (χ0n) is 13.1. The van der Waals surface area contributed by atoms with Gasteiger partial charge in [-0.15, -0.1) is 0 Å². The van der Waals surface area contributed by atoms with E-state index in [1.54, 1.807) is 7.11 Å². The van der Waals surface area contributed by atoms with Gasteiger partial charge in [0.15, 0.2) is 0 Å². The van der Waals surface area contributed by atoms with Crippen molar-refractivity contribution in [1.29, 1.82) is 0 Å². The average molecular weight is 325 g/mol. The molecule has 22 heavy (non-hydrogen) atoms. The summed E-state index contributed by atoms with van der Waals surface area (Å²) in [5.74, 6) is 0.548. The summed E-state index contributed by atoms with van der Waals surface area (Å²) < 4.78 is 4.96. The van der Waals surface area contributed by atoms with Crippen LogP contribution in [0.3, 0.4) is 0 Å². The molecule has 1 aromatic carbocycles. The third kappa shape index (κ3) is 5.27. The highest BCUT2D eigenvalue weighted by atomic mass is 35.5. The Bertz CT molecular complexity index is 458. The Balaban J connectivity index is 1.95. The van der Waals surface area contributed by atoms with Crippen molar-refractivity contribution in [2.45, 2.75) is 31.7 Å². The summed E-state index contributed by atoms with van der Waals surface area (Å²) in [6.45, 7) is 1.61. The van der Waals surface area contributed by atoms with Crippen LogP contribution in [-0.2, 0) is 9.53 Å². The van der Waals surface area contributed by atoms with E-state index in [-0.39, 0.29) is 11.9 Å². The minimum atomic E-state index is 0.0305. The molecule has 122 valence electrons. The molecule has 0 bridgehead atoms. The van der Waals surface area contributed by atoms with Crippen LogP contribution in [0, 0.1) is 5.92 Å². The summed E-state index contributed by atoms with van der Waals surface area (Å²) in [6.07, 6.45) is 4.84. The number of rotatable bonds is 8. The molecule has 1 amide bonds. The van der Waals surface area contributed by atoms with E-state index >= 15 is 0 Å². The topological polar surface area (TPSA) is 50.4 Å². The van der Waals surface area contributed by atoms with Crippen LogP contribution < -0.4 is 10.6 Å². The summed E-state index contributed by atoms with van der Waals surface area (Å²) in [4.78, 5) is 12.2. The predicted octanol–water partition coefficient (Wildman–Crippen LogP) is 2.92. The number of amides is 1. The maximum atomic E-state index is 12.2. The molecule has 2 rings (SSSR count). The van der Waals surface area contributed by atoms with E-state index in [4.69, 9.17) is 16.3 Å². The van der Waals surface area contributed by atoms with E-state index in [1.165, 1.54) is 25.7 Å². The number of hydrogen-bond donors (Lipinski definition) is 2. The molecular weight excluding hydrogens is 300 g/mol. The van der Waals surface area contributed by atoms with E-state index < -0.39 is 0 Å². The Morgan fingerprint density at radius 1 is 1.32 bits per heavy atom. The molecular formula is C17H25ClN2O2. The second-order valence-electron chi connectivity index (χ2n) is 5.81. The zero-order valence-corrected chi connectivity index (χ0v) is 13.9. The fourth-order valence-corrected chi connectivity index (χ4v) is 3.16. The molecule has 1 fully saturated rings. The highest BCUT2D eigenvalue weighted by molar-refractivity contribution is 6.30. The summed E-state index contributed by atoms with van der Waals surface area (Å²) in [5.41, 5.74) is 1.14. The number of methoxy groups -OCH3 is 1. The van der Waals surface area contributed by atoms with Crippen molar-refractivity contribution >= 4 is 17.5 Å². The molecule has 0 heterocycles. The molecule has 5 heteroatoms. The monoisotopic (exact) mass is 324 g/mol. The summed E-state index contributed by atoms with van der Waals surface area (Å²) in [6, 6.07) is 7.90. The van der Waals surface area contributed by atoms with Crippen molar-refractivity contribution < 1.29 is 9.53 Å². The van der Waals surface area contributed by atoms with Gasteiger partial charge in [-0.1, -0.05) is 36.6 Å². The minimum absolute atomic E-state index is 0.0305. The molecule has 0 aliphatic heterocycles. The molecule has 0 spiro atoms. The molecule has 1 aliphatic carbocycles. The van der Waals surface area contributed by atoms with Crippen molar-refractivity contribution in [3.8, 4) is 0 Å². The van der Waals surface area contributed by atoms with Gasteiger partial charge in [-0.3, -0.25) is 4.79 Å². The molecule has 4 nitrogen and oxygen atoms in total. The van der Waals surface area contributed by atoms with Crippen LogP contribution in [0.25, 0.3) is 0 Å². The van der Waals surface area contributed by atoms with Crippen LogP contribution >= 0.6 is 11.6 Å². The van der Waals surface area contributed by atoms with Gasteiger partial charge in [0, 0.05) is 18.7 Å². The number of halogens is 1. The fourth-order valence-electron chi connectivity index (χ4n) is 3.03. The molecule has 1 saturated carbocycles. The lowest BCUT2D eigenvalue weighted by Crippen LogP contribution is -2.39. The van der Waals surface area contributed by atoms with Crippen molar-refractivity contribution in [2.75, 3.05) is 26.8 Å². The molecule has 0 radical (unpaired) electrons. The SMILES string of the molecule is COCCNCC(=O)NC(c1ccc(Cl)cc1)C1CCCC1. The number of carbonyl (C=O) groups excluding carboxylic acids is 1. The Hall–Kier alpha value is -1.10. The lowest BCUT2D eigenvalue weighted by atomic mass is 9.91. The normalized spacial score (nSPS) is 16.6. The zero-order chi connectivity index (χ0) is 15.8. The van der Waals surface area contributed by atoms with Gasteiger partial charge in [0.2, 0.25) is 5.91 Å². The molecule has 1 aliphatic rings. The molecule has 1 unspecified atom stereocenters. The van der Waals surface area contributed by atoms with Crippen LogP contribution in [0.4, 0.5) is 0 Å². The van der Waals surface area contributed by atoms with Crippen LogP contribution in [0.15, 0.2) is 24.3 Å². The molecule has 0 saturated heterocycles. The van der Waals surface area contributed by atoms with Crippen LogP contribution in [0.1, 0.15) is 37.3 Å². The number of nitrogens with one attached hydrogen (secondary N) is 2. The maximum Gasteiger partial charge on any atom is 0.234 e.